The van der Waals surface area contributed by atoms with Crippen LogP contribution < -0.4 is 21.4 Å². The second-order valence-corrected chi connectivity index (χ2v) is 9.76. The standard InChI is InChI=1S/C26H31BN4O3/c1-25(2)26(3,4)34-27(33-25)20-11-7-17(8-12-20)19-15-22(23(28)29-16-19)30-24(32)18-9-13-21(14-10-18)31(5)6/h7-16H,1-6H3,(H2,28,29)(H,30,32). The molecule has 0 aliphatic carbocycles. The molecule has 2 aromatic carbocycles. The average molecular weight is 458 g/mol. The Balaban J connectivity index is 1.51. The first-order chi connectivity index (χ1) is 16.0. The number of hydrogen-bond donors (Lipinski definition) is 2. The number of anilines is 3. The molecule has 0 spiro atoms. The molecule has 3 N–H and O–H groups in total. The van der Waals surface area contributed by atoms with Crippen LogP contribution in [0.2, 0.25) is 0 Å². The number of nitrogen functional groups attached to an aromatic ring is 1. The molecule has 0 atom stereocenters. The summed E-state index contributed by atoms with van der Waals surface area (Å²) in [5.41, 5.74) is 10.0. The third kappa shape index (κ3) is 4.65. The van der Waals surface area contributed by atoms with Crippen molar-refractivity contribution in [1.29, 1.82) is 0 Å². The van der Waals surface area contributed by atoms with Gasteiger partial charge in [-0.25, -0.2) is 4.98 Å². The molecule has 1 saturated heterocycles. The van der Waals surface area contributed by atoms with Crippen molar-refractivity contribution in [2.24, 2.45) is 0 Å². The first-order valence-corrected chi connectivity index (χ1v) is 11.3. The predicted octanol–water partition coefficient (Wildman–Crippen LogP) is 3.95. The molecule has 176 valence electrons. The Morgan fingerprint density at radius 2 is 1.53 bits per heavy atom. The molecule has 7 nitrogen and oxygen atoms in total. The van der Waals surface area contributed by atoms with E-state index in [9.17, 15) is 4.79 Å². The maximum Gasteiger partial charge on any atom is 0.494 e. The van der Waals surface area contributed by atoms with Gasteiger partial charge in [-0.15, -0.1) is 0 Å². The third-order valence-corrected chi connectivity index (χ3v) is 6.58. The predicted molar refractivity (Wildman–Crippen MR) is 139 cm³/mol. The van der Waals surface area contributed by atoms with Crippen molar-refractivity contribution < 1.29 is 14.1 Å². The summed E-state index contributed by atoms with van der Waals surface area (Å²) in [5.74, 6) is 0.0166. The fourth-order valence-corrected chi connectivity index (χ4v) is 3.65. The third-order valence-electron chi connectivity index (χ3n) is 6.58. The number of amides is 1. The second-order valence-electron chi connectivity index (χ2n) is 9.76. The number of nitrogens with one attached hydrogen (secondary N) is 1. The molecule has 4 rings (SSSR count). The average Bonchev–Trinajstić information content (AvgIpc) is 3.02. The molecule has 1 amide bonds. The lowest BCUT2D eigenvalue weighted by Crippen LogP contribution is -2.41. The summed E-state index contributed by atoms with van der Waals surface area (Å²) in [6.45, 7) is 8.14. The Bertz CT molecular complexity index is 1180. The van der Waals surface area contributed by atoms with Gasteiger partial charge in [0.25, 0.3) is 5.91 Å². The van der Waals surface area contributed by atoms with Crippen molar-refractivity contribution in [3.05, 3.63) is 66.4 Å². The number of nitrogens with zero attached hydrogens (tertiary/aromatic N) is 2. The minimum atomic E-state index is -0.419. The molecule has 0 unspecified atom stereocenters. The maximum atomic E-state index is 12.8. The highest BCUT2D eigenvalue weighted by molar-refractivity contribution is 6.62. The van der Waals surface area contributed by atoms with Crippen LogP contribution in [-0.4, -0.2) is 43.3 Å². The molecular weight excluding hydrogens is 427 g/mol. The van der Waals surface area contributed by atoms with Crippen molar-refractivity contribution in [3.8, 4) is 11.1 Å². The molecule has 0 bridgehead atoms. The molecular formula is C26H31BN4O3. The van der Waals surface area contributed by atoms with E-state index in [1.54, 1.807) is 18.3 Å². The van der Waals surface area contributed by atoms with Crippen LogP contribution in [0.4, 0.5) is 17.2 Å². The summed E-state index contributed by atoms with van der Waals surface area (Å²) in [7, 11) is 3.49. The molecule has 1 aliphatic rings. The van der Waals surface area contributed by atoms with Crippen LogP contribution in [0.3, 0.4) is 0 Å². The summed E-state index contributed by atoms with van der Waals surface area (Å²) in [6, 6.07) is 17.1. The highest BCUT2D eigenvalue weighted by Gasteiger charge is 2.51. The summed E-state index contributed by atoms with van der Waals surface area (Å²) in [6.07, 6.45) is 1.70. The van der Waals surface area contributed by atoms with Crippen LogP contribution >= 0.6 is 0 Å². The molecule has 0 saturated carbocycles. The van der Waals surface area contributed by atoms with Gasteiger partial charge in [0, 0.05) is 37.1 Å². The van der Waals surface area contributed by atoms with Crippen molar-refractivity contribution in [2.75, 3.05) is 30.0 Å². The van der Waals surface area contributed by atoms with Crippen LogP contribution in [0.5, 0.6) is 0 Å². The minimum absolute atomic E-state index is 0.243. The maximum absolute atomic E-state index is 12.8. The van der Waals surface area contributed by atoms with E-state index in [-0.39, 0.29) is 11.7 Å². The largest absolute Gasteiger partial charge is 0.494 e. The lowest BCUT2D eigenvalue weighted by Gasteiger charge is -2.32. The topological polar surface area (TPSA) is 89.7 Å². The highest BCUT2D eigenvalue weighted by Crippen LogP contribution is 2.36. The van der Waals surface area contributed by atoms with Gasteiger partial charge in [0.15, 0.2) is 0 Å². The lowest BCUT2D eigenvalue weighted by atomic mass is 9.78. The molecule has 3 aromatic rings. The number of carbonyl (C=O) groups excluding carboxylic acids is 1. The zero-order valence-electron chi connectivity index (χ0n) is 20.5. The smallest absolute Gasteiger partial charge is 0.399 e. The van der Waals surface area contributed by atoms with E-state index in [4.69, 9.17) is 15.0 Å². The van der Waals surface area contributed by atoms with Crippen LogP contribution in [0, 0.1) is 0 Å². The van der Waals surface area contributed by atoms with Gasteiger partial charge in [-0.2, -0.15) is 0 Å². The SMILES string of the molecule is CN(C)c1ccc(C(=O)Nc2cc(-c3ccc(B4OC(C)(C)C(C)(C)O4)cc3)cnc2N)cc1. The number of pyridine rings is 1. The Morgan fingerprint density at radius 3 is 2.09 bits per heavy atom. The van der Waals surface area contributed by atoms with Crippen LogP contribution in [-0.2, 0) is 9.31 Å². The number of rotatable bonds is 5. The summed E-state index contributed by atoms with van der Waals surface area (Å²) in [4.78, 5) is 19.0. The van der Waals surface area contributed by atoms with Gasteiger partial charge in [-0.3, -0.25) is 4.79 Å². The van der Waals surface area contributed by atoms with Gasteiger partial charge in [0.1, 0.15) is 5.82 Å². The van der Waals surface area contributed by atoms with Crippen molar-refractivity contribution in [2.45, 2.75) is 38.9 Å². The molecule has 1 fully saturated rings. The van der Waals surface area contributed by atoms with Crippen molar-refractivity contribution in [3.63, 3.8) is 0 Å². The summed E-state index contributed by atoms with van der Waals surface area (Å²) >= 11 is 0. The van der Waals surface area contributed by atoms with Gasteiger partial charge < -0.3 is 25.3 Å². The fourth-order valence-electron chi connectivity index (χ4n) is 3.65. The van der Waals surface area contributed by atoms with E-state index >= 15 is 0 Å². The number of carbonyl (C=O) groups is 1. The molecule has 0 radical (unpaired) electrons. The highest BCUT2D eigenvalue weighted by atomic mass is 16.7. The minimum Gasteiger partial charge on any atom is -0.399 e. The number of aromatic nitrogens is 1. The van der Waals surface area contributed by atoms with Gasteiger partial charge in [0.2, 0.25) is 0 Å². The summed E-state index contributed by atoms with van der Waals surface area (Å²) < 4.78 is 12.3. The normalized spacial score (nSPS) is 16.4. The zero-order valence-corrected chi connectivity index (χ0v) is 20.5. The van der Waals surface area contributed by atoms with Gasteiger partial charge in [-0.05, 0) is 69.1 Å². The number of benzene rings is 2. The van der Waals surface area contributed by atoms with E-state index in [2.05, 4.69) is 10.3 Å². The van der Waals surface area contributed by atoms with Gasteiger partial charge in [-0.1, -0.05) is 24.3 Å². The van der Waals surface area contributed by atoms with E-state index in [0.29, 0.717) is 11.3 Å². The van der Waals surface area contributed by atoms with Crippen molar-refractivity contribution in [1.82, 2.24) is 4.98 Å². The van der Waals surface area contributed by atoms with Gasteiger partial charge in [0.05, 0.1) is 16.9 Å². The van der Waals surface area contributed by atoms with Crippen LogP contribution in [0.25, 0.3) is 11.1 Å². The molecule has 1 aromatic heterocycles. The van der Waals surface area contributed by atoms with Crippen LogP contribution in [0.1, 0.15) is 38.1 Å². The molecule has 2 heterocycles. The zero-order chi connectivity index (χ0) is 24.7. The second kappa shape index (κ2) is 8.78. The van der Waals surface area contributed by atoms with E-state index in [1.165, 1.54) is 0 Å². The Labute approximate surface area is 201 Å². The Morgan fingerprint density at radius 1 is 0.941 bits per heavy atom. The van der Waals surface area contributed by atoms with E-state index in [0.717, 1.165) is 22.3 Å². The number of hydrogen-bond acceptors (Lipinski definition) is 6. The fraction of sp³-hybridized carbons (Fsp3) is 0.308. The Hall–Kier alpha value is -3.36. The molecule has 8 heteroatoms. The monoisotopic (exact) mass is 458 g/mol. The Kier molecular flexibility index (Phi) is 6.14. The summed E-state index contributed by atoms with van der Waals surface area (Å²) in [5, 5.41) is 2.88. The van der Waals surface area contributed by atoms with Gasteiger partial charge >= 0.3 is 7.12 Å². The van der Waals surface area contributed by atoms with Crippen LogP contribution in [0.15, 0.2) is 60.8 Å². The molecule has 1 aliphatic heterocycles. The van der Waals surface area contributed by atoms with E-state index < -0.39 is 18.3 Å². The number of nitrogens with two attached hydrogens (primary N) is 1. The first-order valence-electron chi connectivity index (χ1n) is 11.3. The first kappa shape index (κ1) is 23.8. The molecule has 34 heavy (non-hydrogen) atoms. The van der Waals surface area contributed by atoms with Crippen molar-refractivity contribution >= 4 is 35.7 Å². The van der Waals surface area contributed by atoms with E-state index in [1.807, 2.05) is 89.2 Å². The quantitative estimate of drug-likeness (QED) is 0.563. The lowest BCUT2D eigenvalue weighted by molar-refractivity contribution is 0.00578.